The maximum atomic E-state index is 7.95. The van der Waals surface area contributed by atoms with Crippen LogP contribution in [0.2, 0.25) is 0 Å². The van der Waals surface area contributed by atoms with E-state index in [1.165, 1.54) is 11.8 Å². The van der Waals surface area contributed by atoms with Gasteiger partial charge in [-0.1, -0.05) is 67.6 Å². The Balaban J connectivity index is 1.75. The molecule has 0 spiro atoms. The van der Waals surface area contributed by atoms with Gasteiger partial charge in [0.2, 0.25) is 0 Å². The molecular weight excluding hydrogens is 392 g/mol. The SMILES string of the molecule is CC1(N)CC=C(c2ccccc2N)C[C@@]1(C)c1cccc(C(C=N)=Nc2ccccc2)c1. The third kappa shape index (κ3) is 4.02. The van der Waals surface area contributed by atoms with Crippen molar-refractivity contribution >= 4 is 28.9 Å². The normalized spacial score (nSPS) is 23.5. The number of rotatable bonds is 5. The topological polar surface area (TPSA) is 88.2 Å². The smallest absolute Gasteiger partial charge is 0.0884 e. The highest BCUT2D eigenvalue weighted by Crippen LogP contribution is 2.48. The summed E-state index contributed by atoms with van der Waals surface area (Å²) in [5.41, 5.74) is 19.0. The number of hydrogen-bond donors (Lipinski definition) is 3. The standard InChI is InChI=1S/C28H30N4/c1-27(18-21(15-16-28(27,2)31)24-13-6-7-14-25(24)30)22-10-8-9-20(17-22)26(19-29)32-23-11-4-3-5-12-23/h3-15,17,19,29H,16,18,30-31H2,1-2H3/t27-,28?/m0/s1. The molecule has 1 unspecified atom stereocenters. The number of aliphatic imine (C=N–C) groups is 1. The van der Waals surface area contributed by atoms with Crippen molar-refractivity contribution in [3.8, 4) is 0 Å². The molecule has 1 aliphatic carbocycles. The highest BCUT2D eigenvalue weighted by Gasteiger charge is 2.45. The number of nitrogens with one attached hydrogen (secondary N) is 1. The van der Waals surface area contributed by atoms with E-state index in [1.807, 2.05) is 60.7 Å². The van der Waals surface area contributed by atoms with Gasteiger partial charge >= 0.3 is 0 Å². The zero-order valence-electron chi connectivity index (χ0n) is 18.7. The Kier molecular flexibility index (Phi) is 5.81. The third-order valence-electron chi connectivity index (χ3n) is 6.82. The second kappa shape index (κ2) is 8.56. The molecule has 4 nitrogen and oxygen atoms in total. The zero-order chi connectivity index (χ0) is 22.8. The van der Waals surface area contributed by atoms with E-state index in [2.05, 4.69) is 43.1 Å². The third-order valence-corrected chi connectivity index (χ3v) is 6.82. The molecule has 0 amide bonds. The quantitative estimate of drug-likeness (QED) is 0.353. The predicted octanol–water partition coefficient (Wildman–Crippen LogP) is 5.89. The Morgan fingerprint density at radius 2 is 1.69 bits per heavy atom. The van der Waals surface area contributed by atoms with Gasteiger partial charge in [-0.15, -0.1) is 0 Å². The molecule has 162 valence electrons. The van der Waals surface area contributed by atoms with Crippen LogP contribution < -0.4 is 11.5 Å². The molecule has 0 aromatic heterocycles. The van der Waals surface area contributed by atoms with Gasteiger partial charge in [0.25, 0.3) is 0 Å². The van der Waals surface area contributed by atoms with Crippen LogP contribution in [0.5, 0.6) is 0 Å². The molecule has 0 bridgehead atoms. The fourth-order valence-corrected chi connectivity index (χ4v) is 4.49. The Morgan fingerprint density at radius 1 is 0.969 bits per heavy atom. The van der Waals surface area contributed by atoms with Gasteiger partial charge in [-0.3, -0.25) is 0 Å². The first-order valence-electron chi connectivity index (χ1n) is 10.9. The Hall–Kier alpha value is -3.50. The molecular formula is C28H30N4. The zero-order valence-corrected chi connectivity index (χ0v) is 18.7. The van der Waals surface area contributed by atoms with Crippen molar-refractivity contribution in [2.75, 3.05) is 5.73 Å². The van der Waals surface area contributed by atoms with E-state index in [1.54, 1.807) is 0 Å². The van der Waals surface area contributed by atoms with Crippen molar-refractivity contribution in [3.63, 3.8) is 0 Å². The number of anilines is 1. The fraction of sp³-hybridized carbons (Fsp3) is 0.214. The number of para-hydroxylation sites is 2. The van der Waals surface area contributed by atoms with Crippen LogP contribution >= 0.6 is 0 Å². The van der Waals surface area contributed by atoms with Gasteiger partial charge in [0.05, 0.1) is 11.4 Å². The van der Waals surface area contributed by atoms with Gasteiger partial charge in [0.15, 0.2) is 0 Å². The van der Waals surface area contributed by atoms with Crippen LogP contribution in [0.4, 0.5) is 11.4 Å². The van der Waals surface area contributed by atoms with Crippen LogP contribution in [0.15, 0.2) is 89.9 Å². The maximum Gasteiger partial charge on any atom is 0.0884 e. The van der Waals surface area contributed by atoms with Gasteiger partial charge in [-0.2, -0.15) is 0 Å². The second-order valence-corrected chi connectivity index (χ2v) is 9.00. The summed E-state index contributed by atoms with van der Waals surface area (Å²) in [5.74, 6) is 0. The summed E-state index contributed by atoms with van der Waals surface area (Å²) in [5, 5.41) is 7.95. The van der Waals surface area contributed by atoms with Gasteiger partial charge in [0.1, 0.15) is 0 Å². The Bertz CT molecular complexity index is 1190. The highest BCUT2D eigenvalue weighted by molar-refractivity contribution is 6.37. The lowest BCUT2D eigenvalue weighted by Crippen LogP contribution is -2.56. The van der Waals surface area contributed by atoms with Crippen molar-refractivity contribution in [2.45, 2.75) is 37.6 Å². The van der Waals surface area contributed by atoms with E-state index < -0.39 is 5.54 Å². The minimum atomic E-state index is -0.430. The lowest BCUT2D eigenvalue weighted by molar-refractivity contribution is 0.253. The van der Waals surface area contributed by atoms with Gasteiger partial charge in [-0.05, 0) is 55.2 Å². The average Bonchev–Trinajstić information content (AvgIpc) is 2.80. The minimum absolute atomic E-state index is 0.310. The summed E-state index contributed by atoms with van der Waals surface area (Å²) >= 11 is 0. The molecule has 0 fully saturated rings. The number of allylic oxidation sites excluding steroid dienone is 1. The fourth-order valence-electron chi connectivity index (χ4n) is 4.49. The van der Waals surface area contributed by atoms with E-state index in [4.69, 9.17) is 16.9 Å². The monoisotopic (exact) mass is 422 g/mol. The first kappa shape index (κ1) is 21.7. The van der Waals surface area contributed by atoms with Crippen molar-refractivity contribution in [1.82, 2.24) is 0 Å². The van der Waals surface area contributed by atoms with E-state index in [-0.39, 0.29) is 5.41 Å². The van der Waals surface area contributed by atoms with Crippen LogP contribution in [-0.4, -0.2) is 17.5 Å². The lowest BCUT2D eigenvalue weighted by Gasteiger charge is -2.48. The molecule has 2 atom stereocenters. The predicted molar refractivity (Wildman–Crippen MR) is 136 cm³/mol. The summed E-state index contributed by atoms with van der Waals surface area (Å²) in [6.45, 7) is 4.35. The van der Waals surface area contributed by atoms with Crippen molar-refractivity contribution in [2.24, 2.45) is 10.7 Å². The van der Waals surface area contributed by atoms with E-state index >= 15 is 0 Å². The van der Waals surface area contributed by atoms with Gasteiger partial charge in [-0.25, -0.2) is 4.99 Å². The van der Waals surface area contributed by atoms with Crippen molar-refractivity contribution < 1.29 is 0 Å². The Morgan fingerprint density at radius 3 is 2.41 bits per heavy atom. The van der Waals surface area contributed by atoms with E-state index in [0.717, 1.165) is 40.9 Å². The van der Waals surface area contributed by atoms with Crippen molar-refractivity contribution in [3.05, 3.63) is 102 Å². The van der Waals surface area contributed by atoms with E-state index in [0.29, 0.717) is 5.71 Å². The molecule has 5 N–H and O–H groups in total. The molecule has 1 aliphatic rings. The number of hydrogen-bond acceptors (Lipinski definition) is 4. The van der Waals surface area contributed by atoms with E-state index in [9.17, 15) is 0 Å². The van der Waals surface area contributed by atoms with Crippen molar-refractivity contribution in [1.29, 1.82) is 5.41 Å². The molecule has 3 aromatic rings. The molecule has 4 rings (SSSR count). The molecule has 0 radical (unpaired) electrons. The highest BCUT2D eigenvalue weighted by atomic mass is 14.8. The Labute approximate surface area is 190 Å². The van der Waals surface area contributed by atoms with Gasteiger partial charge in [0, 0.05) is 34.0 Å². The van der Waals surface area contributed by atoms with Crippen LogP contribution in [0.3, 0.4) is 0 Å². The summed E-state index contributed by atoms with van der Waals surface area (Å²) in [6, 6.07) is 26.0. The molecule has 0 aliphatic heterocycles. The second-order valence-electron chi connectivity index (χ2n) is 9.00. The maximum absolute atomic E-state index is 7.95. The first-order chi connectivity index (χ1) is 15.3. The molecule has 3 aromatic carbocycles. The van der Waals surface area contributed by atoms with Crippen LogP contribution in [-0.2, 0) is 5.41 Å². The summed E-state index contributed by atoms with van der Waals surface area (Å²) in [7, 11) is 0. The van der Waals surface area contributed by atoms with Gasteiger partial charge < -0.3 is 16.9 Å². The molecule has 0 saturated heterocycles. The summed E-state index contributed by atoms with van der Waals surface area (Å²) in [4.78, 5) is 4.68. The number of nitrogen functional groups attached to an aromatic ring is 1. The summed E-state index contributed by atoms with van der Waals surface area (Å²) < 4.78 is 0. The minimum Gasteiger partial charge on any atom is -0.398 e. The molecule has 0 saturated carbocycles. The molecule has 32 heavy (non-hydrogen) atoms. The number of nitrogens with zero attached hydrogens (tertiary/aromatic N) is 1. The lowest BCUT2D eigenvalue weighted by atomic mass is 9.59. The molecule has 4 heteroatoms. The van der Waals surface area contributed by atoms with Crippen LogP contribution in [0.25, 0.3) is 5.57 Å². The first-order valence-corrected chi connectivity index (χ1v) is 10.9. The van der Waals surface area contributed by atoms with Crippen LogP contribution in [0.1, 0.15) is 43.4 Å². The summed E-state index contributed by atoms with van der Waals surface area (Å²) in [6.07, 6.45) is 5.09. The average molecular weight is 423 g/mol. The number of benzene rings is 3. The van der Waals surface area contributed by atoms with Crippen LogP contribution in [0, 0.1) is 5.41 Å². The number of nitrogens with two attached hydrogens (primary N) is 2. The largest absolute Gasteiger partial charge is 0.398 e. The molecule has 0 heterocycles.